The van der Waals surface area contributed by atoms with E-state index in [9.17, 15) is 0 Å². The SMILES string of the molecule is Brc1ccc(N(c2ccccc2)c2ccc(-c3ccccc3)cc2)cc1.[HH].c1ccc(-c2ccc(N(c3ccccc3)c3ccc(-n4c5ccccc5c5ccc6c(c54)Sc4ccccc4C64c5ccccc5-c5ccccc54)cc3)cc2)cc1.c1ccc2c(c1)Sc1c(ccc3c1[nH]c1ccccc13)C21c2ccccc2-c2ccccc21. The summed E-state index contributed by atoms with van der Waals surface area (Å²) in [6, 6.07) is 159. The summed E-state index contributed by atoms with van der Waals surface area (Å²) in [5.41, 5.74) is 33.2. The molecular weight excluding hydrogens is 1520 g/mol. The van der Waals surface area contributed by atoms with Gasteiger partial charge < -0.3 is 19.4 Å². The molecule has 20 aromatic rings. The molecule has 4 nitrogen and oxygen atoms in total. The summed E-state index contributed by atoms with van der Waals surface area (Å²) >= 11 is 7.35. The number of benzene rings is 18. The van der Waals surface area contributed by atoms with E-state index in [4.69, 9.17) is 0 Å². The van der Waals surface area contributed by atoms with Crippen LogP contribution in [0.5, 0.6) is 0 Å². The van der Waals surface area contributed by atoms with Gasteiger partial charge in [0.15, 0.2) is 0 Å². The van der Waals surface area contributed by atoms with Crippen molar-refractivity contribution in [2.24, 2.45) is 0 Å². The van der Waals surface area contributed by atoms with Crippen LogP contribution >= 0.6 is 39.5 Å². The smallest absolute Gasteiger partial charge is 0.0736 e. The molecule has 2 aliphatic carbocycles. The van der Waals surface area contributed by atoms with E-state index in [-0.39, 0.29) is 6.84 Å². The van der Waals surface area contributed by atoms with Crippen LogP contribution in [0, 0.1) is 0 Å². The molecule has 0 bridgehead atoms. The summed E-state index contributed by atoms with van der Waals surface area (Å²) in [7, 11) is 0. The van der Waals surface area contributed by atoms with E-state index in [1.54, 1.807) is 0 Å². The third kappa shape index (κ3) is 11.4. The summed E-state index contributed by atoms with van der Waals surface area (Å²) in [5.74, 6) is 0. The van der Waals surface area contributed by atoms with Crippen LogP contribution in [0.25, 0.3) is 93.8 Å². The quantitative estimate of drug-likeness (QED) is 0.156. The standard InChI is InChI=1S/C55H36N2S.C31H19NS.C24H18BrN.H2/c1-3-15-37(16-4-1)38-27-29-40(30-28-38)56(39-17-5-2-6-18-39)41-31-33-42(34-32-41)57-51-25-13-9-21-45(51)46-35-36-50-54(53(46)57)58-52-26-14-12-24-49(52)55(50)47-22-10-7-19-43(47)44-20-8-11-23-48(44)55;1-4-12-23-19(9-1)20-10-2-5-13-24(20)31(23)25-14-6-8-16-28(25)33-30-26(31)18-17-22-21-11-3-7-15-27(21)32-29(22)30;25-21-13-17-24(18-14-21)26(22-9-5-2-6-10-22)23-15-11-20(12-16-23)19-7-3-1-4-8-19;/h1-36H;1-18,32H;1-18H;1H. The van der Waals surface area contributed by atoms with Gasteiger partial charge in [0.2, 0.25) is 0 Å². The average molecular weight is 1600 g/mol. The van der Waals surface area contributed by atoms with Gasteiger partial charge >= 0.3 is 0 Å². The molecule has 0 saturated heterocycles. The molecule has 0 atom stereocenters. The first kappa shape index (κ1) is 70.0. The van der Waals surface area contributed by atoms with Gasteiger partial charge in [-0.3, -0.25) is 0 Å². The maximum Gasteiger partial charge on any atom is 0.0736 e. The topological polar surface area (TPSA) is 27.2 Å². The minimum absolute atomic E-state index is 0. The molecule has 7 heteroatoms. The van der Waals surface area contributed by atoms with Crippen molar-refractivity contribution in [3.8, 4) is 50.2 Å². The van der Waals surface area contributed by atoms with Gasteiger partial charge in [-0.25, -0.2) is 0 Å². The Morgan fingerprint density at radius 1 is 0.256 bits per heavy atom. The first-order chi connectivity index (χ1) is 58.0. The lowest BCUT2D eigenvalue weighted by molar-refractivity contribution is 0.724. The van der Waals surface area contributed by atoms with Gasteiger partial charge in [-0.15, -0.1) is 0 Å². The lowest BCUT2D eigenvalue weighted by Crippen LogP contribution is -2.32. The molecule has 0 fully saturated rings. The molecule has 24 rings (SSSR count). The number of H-pyrrole nitrogens is 1. The average Bonchev–Trinajstić information content (AvgIpc) is 1.50. The Bertz CT molecular complexity index is 7100. The maximum absolute atomic E-state index is 3.77. The number of halogens is 1. The number of aromatic nitrogens is 2. The number of hydrogen-bond acceptors (Lipinski definition) is 4. The van der Waals surface area contributed by atoms with Crippen molar-refractivity contribution < 1.29 is 1.43 Å². The second-order valence-corrected chi connectivity index (χ2v) is 33.3. The van der Waals surface area contributed by atoms with Gasteiger partial charge in [-0.1, -0.05) is 355 Å². The summed E-state index contributed by atoms with van der Waals surface area (Å²) in [6.07, 6.45) is 0. The normalized spacial score (nSPS) is 13.1. The van der Waals surface area contributed by atoms with Crippen LogP contribution in [0.2, 0.25) is 0 Å². The third-order valence-corrected chi connectivity index (χ3v) is 27.0. The minimum atomic E-state index is -0.435. The van der Waals surface area contributed by atoms with Gasteiger partial charge in [-0.2, -0.15) is 0 Å². The molecule has 554 valence electrons. The zero-order valence-corrected chi connectivity index (χ0v) is 66.8. The highest BCUT2D eigenvalue weighted by molar-refractivity contribution is 9.10. The Hall–Kier alpha value is -13.7. The van der Waals surface area contributed by atoms with Crippen molar-refractivity contribution in [1.82, 2.24) is 9.55 Å². The highest BCUT2D eigenvalue weighted by atomic mass is 79.9. The number of para-hydroxylation sites is 4. The predicted octanol–water partition coefficient (Wildman–Crippen LogP) is 30.7. The van der Waals surface area contributed by atoms with Gasteiger partial charge in [0.25, 0.3) is 0 Å². The number of hydrogen-bond donors (Lipinski definition) is 1. The Labute approximate surface area is 698 Å². The minimum Gasteiger partial charge on any atom is -0.354 e. The molecule has 0 saturated carbocycles. The molecule has 2 aliphatic heterocycles. The Morgan fingerprint density at radius 2 is 0.598 bits per heavy atom. The highest BCUT2D eigenvalue weighted by Crippen LogP contribution is 2.65. The number of aromatic amines is 1. The number of fused-ring (bicyclic) bond motifs is 26. The van der Waals surface area contributed by atoms with Crippen molar-refractivity contribution >= 4 is 117 Å². The second kappa shape index (κ2) is 29.0. The van der Waals surface area contributed by atoms with E-state index < -0.39 is 5.41 Å². The molecule has 2 aromatic heterocycles. The lowest BCUT2D eigenvalue weighted by atomic mass is 9.67. The van der Waals surface area contributed by atoms with Crippen LogP contribution in [0.3, 0.4) is 0 Å². The van der Waals surface area contributed by atoms with Crippen molar-refractivity contribution in [1.29, 1.82) is 0 Å². The lowest BCUT2D eigenvalue weighted by Gasteiger charge is -2.40. The number of nitrogens with zero attached hydrogens (tertiary/aromatic N) is 3. The number of rotatable bonds is 9. The first-order valence-electron chi connectivity index (χ1n) is 39.9. The molecule has 0 amide bonds. The van der Waals surface area contributed by atoms with Gasteiger partial charge in [0.1, 0.15) is 0 Å². The molecule has 4 heterocycles. The van der Waals surface area contributed by atoms with E-state index in [2.05, 4.69) is 460 Å². The monoisotopic (exact) mass is 1590 g/mol. The van der Waals surface area contributed by atoms with E-state index in [0.717, 1.165) is 44.3 Å². The van der Waals surface area contributed by atoms with E-state index in [1.807, 2.05) is 35.7 Å². The van der Waals surface area contributed by atoms with Crippen LogP contribution in [0.4, 0.5) is 34.1 Å². The van der Waals surface area contributed by atoms with Crippen molar-refractivity contribution in [2.75, 3.05) is 9.80 Å². The van der Waals surface area contributed by atoms with Crippen LogP contribution in [0.1, 0.15) is 45.9 Å². The van der Waals surface area contributed by atoms with Crippen molar-refractivity contribution in [3.63, 3.8) is 0 Å². The summed E-state index contributed by atoms with van der Waals surface area (Å²) in [6.45, 7) is 0. The van der Waals surface area contributed by atoms with Crippen LogP contribution < -0.4 is 9.80 Å². The molecule has 117 heavy (non-hydrogen) atoms. The Balaban J connectivity index is 0.000000121. The fourth-order valence-corrected chi connectivity index (χ4v) is 22.0. The van der Waals surface area contributed by atoms with Crippen LogP contribution in [0.15, 0.2) is 461 Å². The zero-order chi connectivity index (χ0) is 77.5. The Morgan fingerprint density at radius 3 is 1.08 bits per heavy atom. The molecule has 1 N–H and O–H groups in total. The Kier molecular flexibility index (Phi) is 17.4. The van der Waals surface area contributed by atoms with E-state index in [0.29, 0.717) is 0 Å². The maximum atomic E-state index is 3.77. The molecule has 0 radical (unpaired) electrons. The summed E-state index contributed by atoms with van der Waals surface area (Å²) < 4.78 is 3.59. The van der Waals surface area contributed by atoms with Gasteiger partial charge in [0.05, 0.1) is 27.4 Å². The second-order valence-electron chi connectivity index (χ2n) is 30.3. The van der Waals surface area contributed by atoms with Crippen LogP contribution in [-0.2, 0) is 10.8 Å². The molecular formula is C110H75BrN4S2. The summed E-state index contributed by atoms with van der Waals surface area (Å²) in [4.78, 5) is 13.7. The molecule has 0 unspecified atom stereocenters. The van der Waals surface area contributed by atoms with Gasteiger partial charge in [0, 0.05) is 92.4 Å². The first-order valence-corrected chi connectivity index (χ1v) is 42.3. The number of nitrogens with one attached hydrogen (secondary N) is 1. The van der Waals surface area contributed by atoms with Crippen molar-refractivity contribution in [2.45, 2.75) is 30.4 Å². The summed E-state index contributed by atoms with van der Waals surface area (Å²) in [5, 5.41) is 5.11. The van der Waals surface area contributed by atoms with E-state index >= 15 is 0 Å². The molecule has 4 aliphatic rings. The molecule has 18 aromatic carbocycles. The van der Waals surface area contributed by atoms with E-state index in [1.165, 1.54) is 152 Å². The number of anilines is 6. The van der Waals surface area contributed by atoms with Gasteiger partial charge in [-0.05, 0) is 210 Å². The third-order valence-electron chi connectivity index (χ3n) is 24.1. The van der Waals surface area contributed by atoms with Crippen molar-refractivity contribution in [3.05, 3.63) is 486 Å². The fraction of sp³-hybridized carbons (Fsp3) is 0.0182. The highest BCUT2D eigenvalue weighted by Gasteiger charge is 2.52. The molecule has 2 spiro atoms. The fourth-order valence-electron chi connectivity index (χ4n) is 19.1. The largest absolute Gasteiger partial charge is 0.354 e. The zero-order valence-electron chi connectivity index (χ0n) is 63.6. The predicted molar refractivity (Wildman–Crippen MR) is 496 cm³/mol. The van der Waals surface area contributed by atoms with Crippen LogP contribution in [-0.4, -0.2) is 9.55 Å².